The predicted octanol–water partition coefficient (Wildman–Crippen LogP) is 3.82. The summed E-state index contributed by atoms with van der Waals surface area (Å²) in [6.07, 6.45) is 6.30. The number of fused-ring (bicyclic) bond motifs is 1. The minimum atomic E-state index is -0.136. The molecule has 11 nitrogen and oxygen atoms in total. The molecule has 1 aromatic heterocycles. The van der Waals surface area contributed by atoms with Gasteiger partial charge in [0.1, 0.15) is 24.5 Å². The van der Waals surface area contributed by atoms with Crippen molar-refractivity contribution >= 4 is 22.6 Å². The number of hydrogen-bond donors (Lipinski definition) is 2. The van der Waals surface area contributed by atoms with Gasteiger partial charge in [0.05, 0.1) is 24.8 Å². The number of methoxy groups -OCH3 is 1. The number of nitrogens with one attached hydrogen (secondary N) is 2. The first kappa shape index (κ1) is 30.8. The highest BCUT2D eigenvalue weighted by atomic mass is 16.5. The van der Waals surface area contributed by atoms with Gasteiger partial charge in [0.15, 0.2) is 11.5 Å². The van der Waals surface area contributed by atoms with Crippen molar-refractivity contribution in [3.63, 3.8) is 0 Å². The summed E-state index contributed by atoms with van der Waals surface area (Å²) >= 11 is 0. The molecule has 0 radical (unpaired) electrons. The lowest BCUT2D eigenvalue weighted by molar-refractivity contribution is 0.0777. The van der Waals surface area contributed by atoms with E-state index in [0.717, 1.165) is 35.4 Å². The summed E-state index contributed by atoms with van der Waals surface area (Å²) in [5, 5.41) is 6.45. The first-order chi connectivity index (χ1) is 21.0. The van der Waals surface area contributed by atoms with Crippen LogP contribution in [0.15, 0.2) is 42.7 Å². The second-order valence-electron chi connectivity index (χ2n) is 11.2. The molecule has 1 atom stereocenters. The van der Waals surface area contributed by atoms with Crippen LogP contribution >= 0.6 is 0 Å². The highest BCUT2D eigenvalue weighted by molar-refractivity contribution is 5.94. The number of ether oxygens (including phenoxy) is 4. The molecule has 5 rings (SSSR count). The molecular weight excluding hydrogens is 548 g/mol. The van der Waals surface area contributed by atoms with E-state index < -0.39 is 0 Å². The average Bonchev–Trinajstić information content (AvgIpc) is 3.02. The Morgan fingerprint density at radius 3 is 2.49 bits per heavy atom. The molecule has 2 aliphatic heterocycles. The van der Waals surface area contributed by atoms with Gasteiger partial charge >= 0.3 is 0 Å². The summed E-state index contributed by atoms with van der Waals surface area (Å²) in [5.41, 5.74) is 4.42. The van der Waals surface area contributed by atoms with Crippen molar-refractivity contribution in [2.24, 2.45) is 0 Å². The number of aromatic nitrogens is 2. The third-order valence-corrected chi connectivity index (χ3v) is 7.69. The maximum Gasteiger partial charge on any atom is 0.265 e. The SMILES string of the molecule is COCCOc1cc2ncnc(N3CCN(NC(=O)c4ccc(OC(C)C)cc4)CC3)c2cc1OCCC1CCCCN1. The Labute approximate surface area is 253 Å². The fraction of sp³-hybridized carbons (Fsp3) is 0.531. The Morgan fingerprint density at radius 2 is 1.77 bits per heavy atom. The normalized spacial score (nSPS) is 17.7. The lowest BCUT2D eigenvalue weighted by Gasteiger charge is -2.35. The van der Waals surface area contributed by atoms with Crippen molar-refractivity contribution < 1.29 is 23.7 Å². The molecule has 3 heterocycles. The van der Waals surface area contributed by atoms with Crippen LogP contribution in [-0.2, 0) is 4.74 Å². The first-order valence-electron chi connectivity index (χ1n) is 15.3. The average molecular weight is 593 g/mol. The van der Waals surface area contributed by atoms with Crippen LogP contribution in [0.1, 0.15) is 49.9 Å². The van der Waals surface area contributed by atoms with Crippen molar-refractivity contribution in [3.8, 4) is 17.2 Å². The van der Waals surface area contributed by atoms with Crippen LogP contribution in [-0.4, -0.2) is 92.7 Å². The standard InChI is InChI=1S/C32H44N6O5/c1-23(2)43-26-9-7-24(8-10-26)32(39)36-38-15-13-37(14-16-38)31-27-20-29(41-17-11-25-6-4-5-12-33-25)30(42-19-18-40-3)21-28(27)34-22-35-31/h7-10,20-23,25,33H,4-6,11-19H2,1-3H3,(H,36,39). The number of nitrogens with zero attached hydrogens (tertiary/aromatic N) is 4. The minimum Gasteiger partial charge on any atom is -0.491 e. The van der Waals surface area contributed by atoms with E-state index in [9.17, 15) is 4.79 Å². The van der Waals surface area contributed by atoms with Crippen LogP contribution in [0.25, 0.3) is 10.9 Å². The van der Waals surface area contributed by atoms with Crippen LogP contribution in [0.3, 0.4) is 0 Å². The zero-order valence-electron chi connectivity index (χ0n) is 25.5. The fourth-order valence-electron chi connectivity index (χ4n) is 5.44. The summed E-state index contributed by atoms with van der Waals surface area (Å²) < 4.78 is 23.2. The largest absolute Gasteiger partial charge is 0.491 e. The third kappa shape index (κ3) is 8.46. The second kappa shape index (κ2) is 15.2. The van der Waals surface area contributed by atoms with Crippen LogP contribution < -0.4 is 29.9 Å². The number of hydrazine groups is 1. The number of carbonyl (C=O) groups excluding carboxylic acids is 1. The zero-order valence-corrected chi connectivity index (χ0v) is 25.5. The number of carbonyl (C=O) groups is 1. The van der Waals surface area contributed by atoms with E-state index in [1.165, 1.54) is 19.3 Å². The van der Waals surface area contributed by atoms with Gasteiger partial charge in [0.25, 0.3) is 5.91 Å². The Kier molecular flexibility index (Phi) is 10.9. The molecule has 0 bridgehead atoms. The molecule has 0 spiro atoms. The molecule has 43 heavy (non-hydrogen) atoms. The van der Waals surface area contributed by atoms with E-state index in [0.29, 0.717) is 69.1 Å². The molecule has 2 aromatic carbocycles. The smallest absolute Gasteiger partial charge is 0.265 e. The quantitative estimate of drug-likeness (QED) is 0.284. The molecule has 1 unspecified atom stereocenters. The highest BCUT2D eigenvalue weighted by Crippen LogP contribution is 2.35. The maximum atomic E-state index is 12.9. The highest BCUT2D eigenvalue weighted by Gasteiger charge is 2.23. The molecule has 232 valence electrons. The van der Waals surface area contributed by atoms with Gasteiger partial charge in [-0.3, -0.25) is 10.2 Å². The predicted molar refractivity (Wildman–Crippen MR) is 166 cm³/mol. The van der Waals surface area contributed by atoms with Crippen LogP contribution in [0.5, 0.6) is 17.2 Å². The van der Waals surface area contributed by atoms with E-state index in [4.69, 9.17) is 18.9 Å². The first-order valence-corrected chi connectivity index (χ1v) is 15.3. The molecule has 1 amide bonds. The topological polar surface area (TPSA) is 110 Å². The lowest BCUT2D eigenvalue weighted by Crippen LogP contribution is -2.53. The van der Waals surface area contributed by atoms with E-state index >= 15 is 0 Å². The van der Waals surface area contributed by atoms with Gasteiger partial charge in [0, 0.05) is 56.3 Å². The Balaban J connectivity index is 1.24. The monoisotopic (exact) mass is 592 g/mol. The van der Waals surface area contributed by atoms with Gasteiger partial charge in [-0.2, -0.15) is 0 Å². The van der Waals surface area contributed by atoms with Crippen molar-refractivity contribution in [2.45, 2.75) is 51.7 Å². The number of piperidine rings is 1. The molecule has 11 heteroatoms. The van der Waals surface area contributed by atoms with E-state index in [-0.39, 0.29) is 12.0 Å². The van der Waals surface area contributed by atoms with E-state index in [1.54, 1.807) is 25.6 Å². The molecule has 2 N–H and O–H groups in total. The zero-order chi connectivity index (χ0) is 30.0. The molecule has 0 saturated carbocycles. The summed E-state index contributed by atoms with van der Waals surface area (Å²) in [4.78, 5) is 24.3. The van der Waals surface area contributed by atoms with Gasteiger partial charge in [0.2, 0.25) is 0 Å². The number of rotatable bonds is 13. The number of benzene rings is 2. The second-order valence-corrected chi connectivity index (χ2v) is 11.2. The maximum absolute atomic E-state index is 12.9. The van der Waals surface area contributed by atoms with Gasteiger partial charge in [-0.15, -0.1) is 0 Å². The van der Waals surface area contributed by atoms with Crippen molar-refractivity contribution in [1.82, 2.24) is 25.7 Å². The number of piperazine rings is 1. The van der Waals surface area contributed by atoms with Gasteiger partial charge in [-0.05, 0) is 70.0 Å². The number of hydrogen-bond acceptors (Lipinski definition) is 10. The summed E-state index contributed by atoms with van der Waals surface area (Å²) in [5.74, 6) is 2.80. The van der Waals surface area contributed by atoms with Gasteiger partial charge in [-0.1, -0.05) is 6.42 Å². The van der Waals surface area contributed by atoms with Crippen LogP contribution in [0.4, 0.5) is 5.82 Å². The van der Waals surface area contributed by atoms with Crippen LogP contribution in [0.2, 0.25) is 0 Å². The lowest BCUT2D eigenvalue weighted by atomic mass is 10.0. The van der Waals surface area contributed by atoms with Gasteiger partial charge in [-0.25, -0.2) is 15.0 Å². The minimum absolute atomic E-state index is 0.0853. The Bertz CT molecular complexity index is 1320. The molecule has 2 saturated heterocycles. The van der Waals surface area contributed by atoms with Crippen LogP contribution in [0, 0.1) is 0 Å². The van der Waals surface area contributed by atoms with Crippen molar-refractivity contribution in [2.75, 3.05) is 64.6 Å². The number of amides is 1. The molecule has 2 fully saturated rings. The summed E-state index contributed by atoms with van der Waals surface area (Å²) in [7, 11) is 1.66. The molecule has 2 aliphatic rings. The molecular formula is C32H44N6O5. The Hall–Kier alpha value is -3.67. The molecule has 0 aliphatic carbocycles. The van der Waals surface area contributed by atoms with Crippen molar-refractivity contribution in [3.05, 3.63) is 48.3 Å². The van der Waals surface area contributed by atoms with E-state index in [1.807, 2.05) is 43.1 Å². The third-order valence-electron chi connectivity index (χ3n) is 7.69. The van der Waals surface area contributed by atoms with Gasteiger partial charge < -0.3 is 29.2 Å². The molecule has 3 aromatic rings. The summed E-state index contributed by atoms with van der Waals surface area (Å²) in [6.45, 7) is 9.23. The van der Waals surface area contributed by atoms with Crippen molar-refractivity contribution in [1.29, 1.82) is 0 Å². The fourth-order valence-corrected chi connectivity index (χ4v) is 5.44. The van der Waals surface area contributed by atoms with E-state index in [2.05, 4.69) is 25.6 Å². The number of anilines is 1. The summed E-state index contributed by atoms with van der Waals surface area (Å²) in [6, 6.07) is 11.6. The Morgan fingerprint density at radius 1 is 1.00 bits per heavy atom.